The molecule has 0 unspecified atom stereocenters. The van der Waals surface area contributed by atoms with Gasteiger partial charge in [-0.05, 0) is 46.8 Å². The first-order chi connectivity index (χ1) is 12.5. The zero-order chi connectivity index (χ0) is 18.7. The number of Topliss-reactive ketones (excluding diaryl/α,β-unsaturated/α-hetero) is 1. The van der Waals surface area contributed by atoms with Gasteiger partial charge in [0.25, 0.3) is 0 Å². The third-order valence-corrected chi connectivity index (χ3v) is 3.75. The minimum atomic E-state index is -0.489. The van der Waals surface area contributed by atoms with Crippen molar-refractivity contribution in [2.45, 2.75) is 0 Å². The Bertz CT molecular complexity index is 966. The Morgan fingerprint density at radius 1 is 1.19 bits per heavy atom. The first kappa shape index (κ1) is 17.8. The second kappa shape index (κ2) is 7.45. The Morgan fingerprint density at radius 3 is 2.58 bits per heavy atom. The Kier molecular flexibility index (Phi) is 5.09. The van der Waals surface area contributed by atoms with Crippen molar-refractivity contribution in [2.75, 3.05) is 14.1 Å². The summed E-state index contributed by atoms with van der Waals surface area (Å²) in [5.74, 6) is -0.629. The molecule has 0 fully saturated rings. The van der Waals surface area contributed by atoms with E-state index < -0.39 is 5.82 Å². The maximum Gasteiger partial charge on any atom is 0.198 e. The highest BCUT2D eigenvalue weighted by Crippen LogP contribution is 2.22. The highest BCUT2D eigenvalue weighted by Gasteiger charge is 2.22. The lowest BCUT2D eigenvalue weighted by molar-refractivity contribution is 0.105. The predicted molar refractivity (Wildman–Crippen MR) is 96.6 cm³/mol. The lowest BCUT2D eigenvalue weighted by Gasteiger charge is -2.12. The molecule has 3 rings (SSSR count). The fourth-order valence-corrected chi connectivity index (χ4v) is 2.50. The molecule has 1 heterocycles. The third-order valence-electron chi connectivity index (χ3n) is 3.50. The number of carbonyl (C=O) groups is 1. The molecule has 0 bridgehead atoms. The monoisotopic (exact) mass is 371 g/mol. The van der Waals surface area contributed by atoms with E-state index in [0.29, 0.717) is 10.7 Å². The van der Waals surface area contributed by atoms with Crippen molar-refractivity contribution in [3.63, 3.8) is 0 Å². The molecule has 6 nitrogen and oxygen atoms in total. The highest BCUT2D eigenvalue weighted by molar-refractivity contribution is 6.30. The van der Waals surface area contributed by atoms with Crippen molar-refractivity contribution in [2.24, 2.45) is 0 Å². The van der Waals surface area contributed by atoms with Crippen molar-refractivity contribution in [3.8, 4) is 5.69 Å². The van der Waals surface area contributed by atoms with Gasteiger partial charge in [0, 0.05) is 30.9 Å². The summed E-state index contributed by atoms with van der Waals surface area (Å²) in [5.41, 5.74) is 1.09. The van der Waals surface area contributed by atoms with Gasteiger partial charge in [0.05, 0.1) is 11.3 Å². The fourth-order valence-electron chi connectivity index (χ4n) is 2.37. The maximum absolute atomic E-state index is 13.5. The number of ketones is 1. The van der Waals surface area contributed by atoms with Gasteiger partial charge in [-0.3, -0.25) is 4.79 Å². The number of hydrogen-bond acceptors (Lipinski definition) is 5. The molecule has 0 amide bonds. The van der Waals surface area contributed by atoms with E-state index in [1.54, 1.807) is 55.5 Å². The van der Waals surface area contributed by atoms with Crippen LogP contribution in [0.15, 0.2) is 54.7 Å². The van der Waals surface area contributed by atoms with Gasteiger partial charge in [0.1, 0.15) is 5.82 Å². The number of carbonyl (C=O) groups excluding carboxylic acids is 1. The van der Waals surface area contributed by atoms with Gasteiger partial charge in [-0.2, -0.15) is 4.68 Å². The smallest absolute Gasteiger partial charge is 0.198 e. The molecule has 1 aromatic heterocycles. The lowest BCUT2D eigenvalue weighted by atomic mass is 10.0. The van der Waals surface area contributed by atoms with Crippen molar-refractivity contribution < 1.29 is 9.18 Å². The quantitative estimate of drug-likeness (QED) is 0.509. The largest absolute Gasteiger partial charge is 0.383 e. The number of halogens is 2. The van der Waals surface area contributed by atoms with E-state index in [1.807, 2.05) is 0 Å². The second-order valence-corrected chi connectivity index (χ2v) is 6.17. The van der Waals surface area contributed by atoms with E-state index in [9.17, 15) is 9.18 Å². The fraction of sp³-hybridized carbons (Fsp3) is 0.111. The SMILES string of the molecule is CN(C)C=C(C(=O)c1cccc(F)c1)c1nnnn1-c1ccc(Cl)cc1. The Hall–Kier alpha value is -3.06. The summed E-state index contributed by atoms with van der Waals surface area (Å²) in [5, 5.41) is 12.2. The van der Waals surface area contributed by atoms with Gasteiger partial charge in [-0.25, -0.2) is 4.39 Å². The standard InChI is InChI=1S/C18H15ClFN5O/c1-24(2)11-16(17(26)12-4-3-5-14(20)10-12)18-21-22-23-25(18)15-8-6-13(19)7-9-15/h3-11H,1-2H3. The molecule has 0 aliphatic carbocycles. The minimum Gasteiger partial charge on any atom is -0.383 e. The van der Waals surface area contributed by atoms with Crippen LogP contribution in [-0.4, -0.2) is 45.0 Å². The molecule has 0 saturated heterocycles. The average Bonchev–Trinajstić information content (AvgIpc) is 3.09. The lowest BCUT2D eigenvalue weighted by Crippen LogP contribution is -2.13. The molecule has 0 N–H and O–H groups in total. The highest BCUT2D eigenvalue weighted by atomic mass is 35.5. The summed E-state index contributed by atoms with van der Waals surface area (Å²) in [6.45, 7) is 0. The summed E-state index contributed by atoms with van der Waals surface area (Å²) in [6, 6.07) is 12.4. The van der Waals surface area contributed by atoms with E-state index in [4.69, 9.17) is 11.6 Å². The number of rotatable bonds is 5. The number of tetrazole rings is 1. The molecule has 8 heteroatoms. The molecule has 0 atom stereocenters. The zero-order valence-electron chi connectivity index (χ0n) is 14.1. The molecular formula is C18H15ClFN5O. The molecule has 26 heavy (non-hydrogen) atoms. The van der Waals surface area contributed by atoms with E-state index in [-0.39, 0.29) is 22.7 Å². The van der Waals surface area contributed by atoms with Crippen LogP contribution in [0, 0.1) is 5.82 Å². The zero-order valence-corrected chi connectivity index (χ0v) is 14.9. The van der Waals surface area contributed by atoms with E-state index in [2.05, 4.69) is 15.5 Å². The van der Waals surface area contributed by atoms with Gasteiger partial charge in [-0.15, -0.1) is 5.10 Å². The van der Waals surface area contributed by atoms with Crippen LogP contribution in [0.25, 0.3) is 11.3 Å². The number of aromatic nitrogens is 4. The van der Waals surface area contributed by atoms with Gasteiger partial charge >= 0.3 is 0 Å². The summed E-state index contributed by atoms with van der Waals surface area (Å²) < 4.78 is 15.0. The van der Waals surface area contributed by atoms with Gasteiger partial charge in [-0.1, -0.05) is 23.7 Å². The molecule has 0 saturated carbocycles. The summed E-state index contributed by atoms with van der Waals surface area (Å²) in [7, 11) is 3.55. The molecular weight excluding hydrogens is 357 g/mol. The van der Waals surface area contributed by atoms with Crippen LogP contribution in [0.5, 0.6) is 0 Å². The van der Waals surface area contributed by atoms with E-state index in [1.165, 1.54) is 22.9 Å². The molecule has 0 radical (unpaired) electrons. The number of benzene rings is 2. The molecule has 2 aromatic carbocycles. The Morgan fingerprint density at radius 2 is 1.92 bits per heavy atom. The van der Waals surface area contributed by atoms with Crippen molar-refractivity contribution in [3.05, 3.63) is 77.0 Å². The van der Waals surface area contributed by atoms with Crippen LogP contribution < -0.4 is 0 Å². The van der Waals surface area contributed by atoms with Crippen LogP contribution in [0.1, 0.15) is 16.2 Å². The van der Waals surface area contributed by atoms with Crippen LogP contribution in [0.3, 0.4) is 0 Å². The number of allylic oxidation sites excluding steroid dienone is 1. The van der Waals surface area contributed by atoms with Gasteiger partial charge < -0.3 is 4.90 Å². The summed E-state index contributed by atoms with van der Waals surface area (Å²) in [6.07, 6.45) is 1.60. The van der Waals surface area contributed by atoms with Gasteiger partial charge in [0.2, 0.25) is 0 Å². The first-order valence-electron chi connectivity index (χ1n) is 7.69. The van der Waals surface area contributed by atoms with Crippen LogP contribution in [0.4, 0.5) is 4.39 Å². The van der Waals surface area contributed by atoms with Gasteiger partial charge in [0.15, 0.2) is 11.6 Å². The van der Waals surface area contributed by atoms with E-state index >= 15 is 0 Å². The topological polar surface area (TPSA) is 63.9 Å². The van der Waals surface area contributed by atoms with Crippen molar-refractivity contribution in [1.82, 2.24) is 25.1 Å². The molecule has 132 valence electrons. The molecule has 0 aliphatic heterocycles. The van der Waals surface area contributed by atoms with E-state index in [0.717, 1.165) is 0 Å². The molecule has 3 aromatic rings. The predicted octanol–water partition coefficient (Wildman–Crippen LogP) is 3.24. The Balaban J connectivity index is 2.09. The average molecular weight is 372 g/mol. The van der Waals surface area contributed by atoms with Crippen LogP contribution in [-0.2, 0) is 0 Å². The summed E-state index contributed by atoms with van der Waals surface area (Å²) in [4.78, 5) is 14.7. The molecule has 0 aliphatic rings. The third kappa shape index (κ3) is 3.78. The number of nitrogens with zero attached hydrogens (tertiary/aromatic N) is 5. The summed E-state index contributed by atoms with van der Waals surface area (Å²) >= 11 is 5.92. The normalized spacial score (nSPS) is 11.5. The molecule has 0 spiro atoms. The minimum absolute atomic E-state index is 0.212. The Labute approximate surface area is 154 Å². The second-order valence-electron chi connectivity index (χ2n) is 5.74. The van der Waals surface area contributed by atoms with Crippen LogP contribution >= 0.6 is 11.6 Å². The number of hydrogen-bond donors (Lipinski definition) is 0. The maximum atomic E-state index is 13.5. The van der Waals surface area contributed by atoms with Crippen molar-refractivity contribution >= 4 is 23.0 Å². The van der Waals surface area contributed by atoms with Crippen molar-refractivity contribution in [1.29, 1.82) is 0 Å². The first-order valence-corrected chi connectivity index (χ1v) is 8.06. The van der Waals surface area contributed by atoms with Crippen LogP contribution in [0.2, 0.25) is 5.02 Å².